The summed E-state index contributed by atoms with van der Waals surface area (Å²) in [5.74, 6) is 3.69. The van der Waals surface area contributed by atoms with E-state index in [0.717, 1.165) is 49.9 Å². The molecule has 0 saturated carbocycles. The normalized spacial score (nSPS) is 19.8. The second-order valence-electron chi connectivity index (χ2n) is 8.50. The first-order valence-electron chi connectivity index (χ1n) is 10.9. The Kier molecular flexibility index (Phi) is 5.53. The fraction of sp³-hybridized carbons (Fsp3) is 0.375. The fourth-order valence-corrected chi connectivity index (χ4v) is 4.81. The molecular weight excluding hydrogens is 406 g/mol. The van der Waals surface area contributed by atoms with E-state index in [1.165, 1.54) is 5.56 Å². The number of hydrogen-bond acceptors (Lipinski definition) is 6. The van der Waals surface area contributed by atoms with Gasteiger partial charge in [0.05, 0.1) is 14.2 Å². The number of nitrogens with zero attached hydrogens (tertiary/aromatic N) is 4. The maximum atomic E-state index is 12.9. The maximum absolute atomic E-state index is 12.9. The van der Waals surface area contributed by atoms with Gasteiger partial charge in [-0.05, 0) is 53.8 Å². The third-order valence-corrected chi connectivity index (χ3v) is 6.43. The van der Waals surface area contributed by atoms with Crippen molar-refractivity contribution in [2.24, 2.45) is 11.8 Å². The van der Waals surface area contributed by atoms with Gasteiger partial charge in [-0.1, -0.05) is 12.1 Å². The molecule has 2 aliphatic rings. The lowest BCUT2D eigenvalue weighted by Crippen LogP contribution is -2.31. The van der Waals surface area contributed by atoms with Crippen LogP contribution in [0.2, 0.25) is 0 Å². The Bertz CT molecular complexity index is 1110. The first-order valence-corrected chi connectivity index (χ1v) is 10.9. The van der Waals surface area contributed by atoms with Crippen molar-refractivity contribution >= 4 is 11.6 Å². The number of carbonyl (C=O) groups is 1. The lowest BCUT2D eigenvalue weighted by atomic mass is 9.89. The van der Waals surface area contributed by atoms with Crippen LogP contribution < -0.4 is 14.8 Å². The number of carbonyl (C=O) groups excluding carboxylic acids is 1. The number of fused-ring (bicyclic) bond motifs is 2. The Morgan fingerprint density at radius 2 is 1.78 bits per heavy atom. The summed E-state index contributed by atoms with van der Waals surface area (Å²) in [4.78, 5) is 15.4. The predicted octanol–water partition coefficient (Wildman–Crippen LogP) is 2.85. The van der Waals surface area contributed by atoms with Gasteiger partial charge in [-0.15, -0.1) is 10.2 Å². The molecule has 166 valence electrons. The van der Waals surface area contributed by atoms with E-state index in [9.17, 15) is 4.79 Å². The molecule has 0 spiro atoms. The predicted molar refractivity (Wildman–Crippen MR) is 120 cm³/mol. The number of benzene rings is 2. The van der Waals surface area contributed by atoms with Crippen LogP contribution in [0.15, 0.2) is 48.5 Å². The molecular formula is C24H27N5O3. The van der Waals surface area contributed by atoms with Crippen molar-refractivity contribution in [2.45, 2.75) is 19.5 Å². The highest BCUT2D eigenvalue weighted by Gasteiger charge is 2.39. The lowest BCUT2D eigenvalue weighted by molar-refractivity contribution is 0.100. The molecule has 1 N–H and O–H groups in total. The van der Waals surface area contributed by atoms with Gasteiger partial charge in [0.1, 0.15) is 17.3 Å². The Morgan fingerprint density at radius 3 is 2.56 bits per heavy atom. The van der Waals surface area contributed by atoms with Crippen molar-refractivity contribution in [3.05, 3.63) is 65.7 Å². The van der Waals surface area contributed by atoms with Gasteiger partial charge in [0, 0.05) is 38.3 Å². The van der Waals surface area contributed by atoms with Crippen molar-refractivity contribution < 1.29 is 14.3 Å². The maximum Gasteiger partial charge on any atom is 0.293 e. The van der Waals surface area contributed by atoms with E-state index >= 15 is 0 Å². The van der Waals surface area contributed by atoms with Gasteiger partial charge in [-0.2, -0.15) is 0 Å². The number of hydrogen-bond donors (Lipinski definition) is 1. The highest BCUT2D eigenvalue weighted by Crippen LogP contribution is 2.33. The van der Waals surface area contributed by atoms with Gasteiger partial charge >= 0.3 is 0 Å². The smallest absolute Gasteiger partial charge is 0.293 e. The zero-order chi connectivity index (χ0) is 22.1. The first-order chi connectivity index (χ1) is 15.6. The second-order valence-corrected chi connectivity index (χ2v) is 8.50. The van der Waals surface area contributed by atoms with E-state index in [1.807, 2.05) is 41.0 Å². The largest absolute Gasteiger partial charge is 0.497 e. The molecule has 1 saturated heterocycles. The molecule has 8 nitrogen and oxygen atoms in total. The summed E-state index contributed by atoms with van der Waals surface area (Å²) in [5, 5.41) is 11.5. The SMILES string of the molecule is COc1ccc(NC(=O)c2nnc3n2C[C@@H]2CN(Cc4cccc(OC)c4)C[C@H]2C3)cc1. The monoisotopic (exact) mass is 433 g/mol. The molecule has 1 fully saturated rings. The van der Waals surface area contributed by atoms with Crippen LogP contribution in [0.5, 0.6) is 11.5 Å². The molecule has 1 aromatic heterocycles. The Balaban J connectivity index is 1.25. The second kappa shape index (κ2) is 8.63. The van der Waals surface area contributed by atoms with Gasteiger partial charge in [0.15, 0.2) is 0 Å². The van der Waals surface area contributed by atoms with Crippen molar-refractivity contribution in [3.63, 3.8) is 0 Å². The number of ether oxygens (including phenoxy) is 2. The van der Waals surface area contributed by atoms with Crippen LogP contribution in [0.25, 0.3) is 0 Å². The van der Waals surface area contributed by atoms with E-state index in [4.69, 9.17) is 9.47 Å². The molecule has 8 heteroatoms. The first kappa shape index (κ1) is 20.5. The summed E-state index contributed by atoms with van der Waals surface area (Å²) in [6.45, 7) is 3.70. The average molecular weight is 434 g/mol. The molecule has 32 heavy (non-hydrogen) atoms. The molecule has 2 aromatic carbocycles. The number of methoxy groups -OCH3 is 2. The summed E-state index contributed by atoms with van der Waals surface area (Å²) in [7, 11) is 3.31. The van der Waals surface area contributed by atoms with Gasteiger partial charge in [-0.25, -0.2) is 0 Å². The fourth-order valence-electron chi connectivity index (χ4n) is 4.81. The molecule has 2 atom stereocenters. The van der Waals surface area contributed by atoms with Gasteiger partial charge < -0.3 is 19.4 Å². The van der Waals surface area contributed by atoms with Crippen molar-refractivity contribution in [3.8, 4) is 11.5 Å². The van der Waals surface area contributed by atoms with Crippen LogP contribution in [0.3, 0.4) is 0 Å². The molecule has 3 heterocycles. The molecule has 1 amide bonds. The molecule has 2 aliphatic heterocycles. The minimum absolute atomic E-state index is 0.237. The van der Waals surface area contributed by atoms with Crippen molar-refractivity contribution in [1.82, 2.24) is 19.7 Å². The van der Waals surface area contributed by atoms with Gasteiger partial charge in [0.2, 0.25) is 5.82 Å². The molecule has 3 aromatic rings. The standard InChI is InChI=1S/C24H27N5O3/c1-31-20-8-6-19(7-9-20)25-24(30)23-27-26-22-11-17-13-28(14-18(17)15-29(22)23)12-16-4-3-5-21(10-16)32-2/h3-10,17-18H,11-15H2,1-2H3,(H,25,30)/t17-,18+/m1/s1. The quantitative estimate of drug-likeness (QED) is 0.644. The Hall–Kier alpha value is -3.39. The van der Waals surface area contributed by atoms with E-state index in [0.29, 0.717) is 23.3 Å². The third-order valence-electron chi connectivity index (χ3n) is 6.43. The summed E-state index contributed by atoms with van der Waals surface area (Å²) in [5.41, 5.74) is 1.95. The van der Waals surface area contributed by atoms with Crippen molar-refractivity contribution in [1.29, 1.82) is 0 Å². The molecule has 0 radical (unpaired) electrons. The van der Waals surface area contributed by atoms with Crippen LogP contribution in [0.1, 0.15) is 22.0 Å². The van der Waals surface area contributed by atoms with E-state index in [-0.39, 0.29) is 5.91 Å². The van der Waals surface area contributed by atoms with E-state index in [2.05, 4.69) is 32.5 Å². The van der Waals surface area contributed by atoms with Crippen LogP contribution >= 0.6 is 0 Å². The number of aromatic nitrogens is 3. The molecule has 0 aliphatic carbocycles. The van der Waals surface area contributed by atoms with E-state index < -0.39 is 0 Å². The van der Waals surface area contributed by atoms with E-state index in [1.54, 1.807) is 14.2 Å². The zero-order valence-electron chi connectivity index (χ0n) is 18.3. The van der Waals surface area contributed by atoms with Crippen LogP contribution in [-0.2, 0) is 19.5 Å². The third kappa shape index (κ3) is 4.05. The summed E-state index contributed by atoms with van der Waals surface area (Å²) in [6, 6.07) is 15.5. The average Bonchev–Trinajstić information content (AvgIpc) is 3.40. The summed E-state index contributed by atoms with van der Waals surface area (Å²) < 4.78 is 12.5. The van der Waals surface area contributed by atoms with Crippen LogP contribution in [-0.4, -0.2) is 52.9 Å². The molecule has 0 bridgehead atoms. The minimum Gasteiger partial charge on any atom is -0.497 e. The van der Waals surface area contributed by atoms with Gasteiger partial charge in [-0.3, -0.25) is 9.69 Å². The number of nitrogens with one attached hydrogen (secondary N) is 1. The van der Waals surface area contributed by atoms with Crippen molar-refractivity contribution in [2.75, 3.05) is 32.6 Å². The minimum atomic E-state index is -0.237. The topological polar surface area (TPSA) is 81.5 Å². The highest BCUT2D eigenvalue weighted by molar-refractivity contribution is 6.01. The molecule has 0 unspecified atom stereocenters. The molecule has 5 rings (SSSR count). The summed E-state index contributed by atoms with van der Waals surface area (Å²) >= 11 is 0. The zero-order valence-corrected chi connectivity index (χ0v) is 18.3. The number of rotatable bonds is 6. The lowest BCUT2D eigenvalue weighted by Gasteiger charge is -2.25. The Morgan fingerprint density at radius 1 is 1.00 bits per heavy atom. The summed E-state index contributed by atoms with van der Waals surface area (Å²) in [6.07, 6.45) is 0.849. The van der Waals surface area contributed by atoms with Crippen LogP contribution in [0.4, 0.5) is 5.69 Å². The van der Waals surface area contributed by atoms with Crippen LogP contribution in [0, 0.1) is 11.8 Å². The number of amides is 1. The van der Waals surface area contributed by atoms with Gasteiger partial charge in [0.25, 0.3) is 5.91 Å². The number of anilines is 1. The highest BCUT2D eigenvalue weighted by atomic mass is 16.5. The Labute approximate surface area is 187 Å². The number of likely N-dealkylation sites (tertiary alicyclic amines) is 1.